The maximum absolute atomic E-state index is 12.2. The summed E-state index contributed by atoms with van der Waals surface area (Å²) in [5.74, 6) is 1.80. The molecule has 0 saturated carbocycles. The Morgan fingerprint density at radius 2 is 1.67 bits per heavy atom. The summed E-state index contributed by atoms with van der Waals surface area (Å²) in [5, 5.41) is 6.98. The molecule has 6 heteroatoms. The number of hydrogen-bond acceptors (Lipinski definition) is 5. The number of carbonyl (C=O) groups is 1. The van der Waals surface area contributed by atoms with Crippen LogP contribution in [0.1, 0.15) is 26.7 Å². The number of ether oxygens (including phenoxy) is 1. The molecule has 0 bridgehead atoms. The van der Waals surface area contributed by atoms with E-state index in [4.69, 9.17) is 9.26 Å². The molecule has 0 unspecified atom stereocenters. The van der Waals surface area contributed by atoms with Gasteiger partial charge in [0.25, 0.3) is 5.89 Å². The van der Waals surface area contributed by atoms with E-state index >= 15 is 0 Å². The average Bonchev–Trinajstić information content (AvgIpc) is 3.20. The molecule has 140 valence electrons. The van der Waals surface area contributed by atoms with Gasteiger partial charge in [0.15, 0.2) is 0 Å². The highest BCUT2D eigenvalue weighted by molar-refractivity contribution is 5.92. The van der Waals surface area contributed by atoms with Gasteiger partial charge >= 0.3 is 0 Å². The summed E-state index contributed by atoms with van der Waals surface area (Å²) >= 11 is 0. The molecule has 0 atom stereocenters. The molecule has 0 fully saturated rings. The number of hydrogen-bond donors (Lipinski definition) is 1. The lowest BCUT2D eigenvalue weighted by atomic mass is 10.0. The van der Waals surface area contributed by atoms with Crippen LogP contribution in [0.25, 0.3) is 22.8 Å². The number of amides is 1. The smallest absolute Gasteiger partial charge is 0.258 e. The molecule has 1 heterocycles. The van der Waals surface area contributed by atoms with Gasteiger partial charge in [0.2, 0.25) is 11.7 Å². The summed E-state index contributed by atoms with van der Waals surface area (Å²) in [6, 6.07) is 14.8. The monoisotopic (exact) mass is 365 g/mol. The van der Waals surface area contributed by atoms with Gasteiger partial charge in [-0.25, -0.2) is 0 Å². The summed E-state index contributed by atoms with van der Waals surface area (Å²) in [4.78, 5) is 16.6. The van der Waals surface area contributed by atoms with Gasteiger partial charge in [-0.1, -0.05) is 19.0 Å². The molecule has 0 aliphatic heterocycles. The maximum atomic E-state index is 12.2. The van der Waals surface area contributed by atoms with Gasteiger partial charge in [-0.15, -0.1) is 0 Å². The van der Waals surface area contributed by atoms with E-state index in [1.165, 1.54) is 0 Å². The number of carbonyl (C=O) groups excluding carboxylic acids is 1. The first-order valence-corrected chi connectivity index (χ1v) is 9.04. The first-order valence-electron chi connectivity index (χ1n) is 9.04. The van der Waals surface area contributed by atoms with E-state index in [0.717, 1.165) is 35.4 Å². The van der Waals surface area contributed by atoms with Crippen molar-refractivity contribution in [2.45, 2.75) is 26.7 Å². The minimum absolute atomic E-state index is 0.0349. The lowest BCUT2D eigenvalue weighted by Crippen LogP contribution is -2.21. The predicted octanol–water partition coefficient (Wildman–Crippen LogP) is 4.79. The van der Waals surface area contributed by atoms with Gasteiger partial charge in [-0.2, -0.15) is 4.98 Å². The number of nitrogens with one attached hydrogen (secondary N) is 1. The molecule has 0 spiro atoms. The molecule has 1 amide bonds. The Balaban J connectivity index is 1.72. The standard InChI is InChI=1S/C21H23N3O3/c1-4-14(5-2)20(25)22-17-10-6-16(7-11-17)21-23-19(24-27-21)15-8-12-18(26-3)13-9-15/h6-14H,4-5H2,1-3H3,(H,22,25). The summed E-state index contributed by atoms with van der Waals surface area (Å²) in [6.07, 6.45) is 1.66. The Morgan fingerprint density at radius 3 is 2.26 bits per heavy atom. The Bertz CT molecular complexity index is 882. The second-order valence-corrected chi connectivity index (χ2v) is 6.23. The molecule has 3 rings (SSSR count). The Hall–Kier alpha value is -3.15. The molecular weight excluding hydrogens is 342 g/mol. The van der Waals surface area contributed by atoms with E-state index in [9.17, 15) is 4.79 Å². The van der Waals surface area contributed by atoms with E-state index < -0.39 is 0 Å². The molecule has 0 radical (unpaired) electrons. The molecule has 0 aliphatic carbocycles. The summed E-state index contributed by atoms with van der Waals surface area (Å²) in [7, 11) is 1.62. The summed E-state index contributed by atoms with van der Waals surface area (Å²) < 4.78 is 10.5. The molecule has 27 heavy (non-hydrogen) atoms. The van der Waals surface area contributed by atoms with Crippen molar-refractivity contribution in [1.29, 1.82) is 0 Å². The number of aromatic nitrogens is 2. The van der Waals surface area contributed by atoms with Gasteiger partial charge in [0.1, 0.15) is 5.75 Å². The normalized spacial score (nSPS) is 10.8. The lowest BCUT2D eigenvalue weighted by molar-refractivity contribution is -0.120. The van der Waals surface area contributed by atoms with Crippen molar-refractivity contribution >= 4 is 11.6 Å². The maximum Gasteiger partial charge on any atom is 0.258 e. The van der Waals surface area contributed by atoms with Gasteiger partial charge in [0.05, 0.1) is 7.11 Å². The third-order valence-electron chi connectivity index (χ3n) is 4.53. The highest BCUT2D eigenvalue weighted by Gasteiger charge is 2.15. The topological polar surface area (TPSA) is 77.2 Å². The zero-order valence-corrected chi connectivity index (χ0v) is 15.7. The van der Waals surface area contributed by atoms with Gasteiger partial charge in [-0.3, -0.25) is 4.79 Å². The van der Waals surface area contributed by atoms with E-state index in [0.29, 0.717) is 11.7 Å². The van der Waals surface area contributed by atoms with E-state index in [1.54, 1.807) is 7.11 Å². The molecule has 1 aromatic heterocycles. The molecular formula is C21H23N3O3. The second-order valence-electron chi connectivity index (χ2n) is 6.23. The van der Waals surface area contributed by atoms with Crippen molar-refractivity contribution in [3.8, 4) is 28.6 Å². The van der Waals surface area contributed by atoms with Crippen LogP contribution in [0.3, 0.4) is 0 Å². The highest BCUT2D eigenvalue weighted by atomic mass is 16.5. The minimum Gasteiger partial charge on any atom is -0.497 e. The van der Waals surface area contributed by atoms with Gasteiger partial charge in [0, 0.05) is 22.7 Å². The van der Waals surface area contributed by atoms with Crippen molar-refractivity contribution in [2.75, 3.05) is 12.4 Å². The van der Waals surface area contributed by atoms with Gasteiger partial charge < -0.3 is 14.6 Å². The fourth-order valence-corrected chi connectivity index (χ4v) is 2.80. The quantitative estimate of drug-likeness (QED) is 0.651. The number of nitrogens with zero attached hydrogens (tertiary/aromatic N) is 2. The molecule has 0 saturated heterocycles. The molecule has 1 N–H and O–H groups in total. The van der Waals surface area contributed by atoms with Crippen molar-refractivity contribution in [2.24, 2.45) is 5.92 Å². The number of methoxy groups -OCH3 is 1. The number of anilines is 1. The van der Waals surface area contributed by atoms with Gasteiger partial charge in [-0.05, 0) is 61.4 Å². The minimum atomic E-state index is 0.0349. The molecule has 3 aromatic rings. The summed E-state index contributed by atoms with van der Waals surface area (Å²) in [5.41, 5.74) is 2.40. The Kier molecular flexibility index (Phi) is 5.86. The van der Waals surface area contributed by atoms with Crippen LogP contribution in [0, 0.1) is 5.92 Å². The van der Waals surface area contributed by atoms with E-state index in [-0.39, 0.29) is 11.8 Å². The predicted molar refractivity (Wildman–Crippen MR) is 104 cm³/mol. The third-order valence-corrected chi connectivity index (χ3v) is 4.53. The first-order chi connectivity index (χ1) is 13.1. The molecule has 2 aromatic carbocycles. The number of benzene rings is 2. The average molecular weight is 365 g/mol. The van der Waals surface area contributed by atoms with Crippen LogP contribution in [0.15, 0.2) is 53.1 Å². The zero-order valence-electron chi connectivity index (χ0n) is 15.7. The van der Waals surface area contributed by atoms with Crippen LogP contribution in [0.5, 0.6) is 5.75 Å². The van der Waals surface area contributed by atoms with Crippen LogP contribution in [-0.4, -0.2) is 23.2 Å². The zero-order chi connectivity index (χ0) is 19.2. The van der Waals surface area contributed by atoms with Crippen LogP contribution < -0.4 is 10.1 Å². The van der Waals surface area contributed by atoms with Crippen LogP contribution >= 0.6 is 0 Å². The molecule has 0 aliphatic rings. The molecule has 6 nitrogen and oxygen atoms in total. The van der Waals surface area contributed by atoms with Crippen molar-refractivity contribution in [3.63, 3.8) is 0 Å². The third kappa shape index (κ3) is 4.34. The lowest BCUT2D eigenvalue weighted by Gasteiger charge is -2.12. The second kappa shape index (κ2) is 8.49. The van der Waals surface area contributed by atoms with Crippen molar-refractivity contribution in [3.05, 3.63) is 48.5 Å². The summed E-state index contributed by atoms with van der Waals surface area (Å²) in [6.45, 7) is 4.04. The Morgan fingerprint density at radius 1 is 1.04 bits per heavy atom. The van der Waals surface area contributed by atoms with Crippen LogP contribution in [0.2, 0.25) is 0 Å². The van der Waals surface area contributed by atoms with Crippen LogP contribution in [0.4, 0.5) is 5.69 Å². The van der Waals surface area contributed by atoms with Crippen LogP contribution in [-0.2, 0) is 4.79 Å². The SMILES string of the molecule is CCC(CC)C(=O)Nc1ccc(-c2nc(-c3ccc(OC)cc3)no2)cc1. The Labute approximate surface area is 158 Å². The van der Waals surface area contributed by atoms with Crippen molar-refractivity contribution < 1.29 is 14.1 Å². The first kappa shape index (κ1) is 18.6. The largest absolute Gasteiger partial charge is 0.497 e. The fraction of sp³-hybridized carbons (Fsp3) is 0.286. The highest BCUT2D eigenvalue weighted by Crippen LogP contribution is 2.25. The van der Waals surface area contributed by atoms with Crippen molar-refractivity contribution in [1.82, 2.24) is 10.1 Å². The number of rotatable bonds is 7. The van der Waals surface area contributed by atoms with E-state index in [1.807, 2.05) is 62.4 Å². The van der Waals surface area contributed by atoms with E-state index in [2.05, 4.69) is 15.5 Å². The fourth-order valence-electron chi connectivity index (χ4n) is 2.80.